The van der Waals surface area contributed by atoms with E-state index in [1.54, 1.807) is 18.7 Å². The molecule has 2 heterocycles. The second kappa shape index (κ2) is 26.0. The van der Waals surface area contributed by atoms with Gasteiger partial charge in [0.25, 0.3) is 11.8 Å². The minimum Gasteiger partial charge on any atom is -0.394 e. The summed E-state index contributed by atoms with van der Waals surface area (Å²) in [6.07, 6.45) is 4.42. The summed E-state index contributed by atoms with van der Waals surface area (Å²) in [5.41, 5.74) is 8.25. The van der Waals surface area contributed by atoms with Crippen molar-refractivity contribution in [3.05, 3.63) is 35.9 Å². The van der Waals surface area contributed by atoms with Crippen molar-refractivity contribution in [3.8, 4) is 0 Å². The fraction of sp³-hybridized carbons (Fsp3) is 0.738. The number of carbonyl (C=O) groups is 10. The van der Waals surface area contributed by atoms with Gasteiger partial charge in [-0.3, -0.25) is 38.4 Å². The summed E-state index contributed by atoms with van der Waals surface area (Å²) in [5.74, 6) is -5.04. The van der Waals surface area contributed by atoms with E-state index in [1.807, 2.05) is 99.6 Å². The number of nitrogens with zero attached hydrogens (tertiary/aromatic N) is 2. The largest absolute Gasteiger partial charge is 0.394 e. The summed E-state index contributed by atoms with van der Waals surface area (Å²) in [6, 6.07) is 3.03. The lowest BCUT2D eigenvalue weighted by molar-refractivity contribution is -0.145. The molecule has 0 radical (unpaired) electrons. The zero-order chi connectivity index (χ0) is 60.7. The number of ether oxygens (including phenoxy) is 1. The normalized spacial score (nSPS) is 24.1. The minimum absolute atomic E-state index is 0. The van der Waals surface area contributed by atoms with E-state index >= 15 is 0 Å². The van der Waals surface area contributed by atoms with E-state index in [1.165, 1.54) is 4.90 Å². The number of nitrogens with two attached hydrogens (primary N) is 2. The van der Waals surface area contributed by atoms with Crippen LogP contribution in [0, 0.1) is 57.2 Å². The summed E-state index contributed by atoms with van der Waals surface area (Å²) in [7, 11) is 0. The Labute approximate surface area is 492 Å². The van der Waals surface area contributed by atoms with E-state index in [4.69, 9.17) is 16.2 Å². The fourth-order valence-corrected chi connectivity index (χ4v) is 12.0. The smallest absolute Gasteiger partial charge is 0.315 e. The van der Waals surface area contributed by atoms with Gasteiger partial charge in [-0.15, -0.1) is 0 Å². The van der Waals surface area contributed by atoms with Crippen molar-refractivity contribution in [1.82, 2.24) is 41.7 Å². The number of likely N-dealkylation sites (tertiary alicyclic amines) is 2. The zero-order valence-corrected chi connectivity index (χ0v) is 50.1. The average Bonchev–Trinajstić information content (AvgIpc) is 1.58. The molecule has 22 heteroatoms. The van der Waals surface area contributed by atoms with Gasteiger partial charge in [-0.1, -0.05) is 140 Å². The molecule has 83 heavy (non-hydrogen) atoms. The molecule has 466 valence electrons. The third-order valence-corrected chi connectivity index (χ3v) is 17.5. The van der Waals surface area contributed by atoms with E-state index in [9.17, 15) is 53.1 Å². The van der Waals surface area contributed by atoms with Gasteiger partial charge >= 0.3 is 12.1 Å². The third kappa shape index (κ3) is 17.0. The van der Waals surface area contributed by atoms with Crippen molar-refractivity contribution in [3.63, 3.8) is 0 Å². The average molecular weight is 1170 g/mol. The number of rotatable bonds is 23. The highest BCUT2D eigenvalue weighted by molar-refractivity contribution is 6.38. The number of ketones is 2. The molecular weight excluding hydrogens is 1060 g/mol. The van der Waals surface area contributed by atoms with Crippen molar-refractivity contribution in [1.29, 1.82) is 0 Å². The lowest BCUT2D eigenvalue weighted by atomic mass is 9.85. The van der Waals surface area contributed by atoms with Crippen molar-refractivity contribution in [2.45, 2.75) is 204 Å². The van der Waals surface area contributed by atoms with Crippen LogP contribution in [0.5, 0.6) is 0 Å². The van der Waals surface area contributed by atoms with Crippen LogP contribution in [0.2, 0.25) is 0 Å². The van der Waals surface area contributed by atoms with Crippen LogP contribution in [0.25, 0.3) is 0 Å². The van der Waals surface area contributed by atoms with Crippen LogP contribution in [0.1, 0.15) is 156 Å². The van der Waals surface area contributed by atoms with E-state index < -0.39 is 111 Å². The zero-order valence-electron chi connectivity index (χ0n) is 50.1. The van der Waals surface area contributed by atoms with Crippen LogP contribution in [0.3, 0.4) is 0 Å². The Hall–Kier alpha value is -6.16. The summed E-state index contributed by atoms with van der Waals surface area (Å²) >= 11 is 0. The second-order valence-corrected chi connectivity index (χ2v) is 28.4. The molecule has 0 spiro atoms. The maximum absolute atomic E-state index is 14.2. The predicted octanol–water partition coefficient (Wildman–Crippen LogP) is 4.08. The topological polar surface area (TPSA) is 331 Å². The molecule has 10 amide bonds. The van der Waals surface area contributed by atoms with Crippen molar-refractivity contribution < 1.29 is 57.8 Å². The first-order valence-corrected chi connectivity index (χ1v) is 28.6. The Kier molecular flexibility index (Phi) is 21.7. The lowest BCUT2D eigenvalue weighted by Crippen LogP contribution is -2.62. The number of Topliss-reactive ketones (excluding diaryl/α,β-unsaturated/α-hetero) is 2. The van der Waals surface area contributed by atoms with Crippen molar-refractivity contribution >= 4 is 59.1 Å². The van der Waals surface area contributed by atoms with Gasteiger partial charge in [0.2, 0.25) is 35.2 Å². The highest BCUT2D eigenvalue weighted by Gasteiger charge is 2.71. The minimum atomic E-state index is -1.09. The van der Waals surface area contributed by atoms with Crippen LogP contribution in [0.4, 0.5) is 9.59 Å². The summed E-state index contributed by atoms with van der Waals surface area (Å²) in [5, 5.41) is 26.2. The molecule has 11 N–H and O–H groups in total. The summed E-state index contributed by atoms with van der Waals surface area (Å²) in [6.45, 7) is 27.3. The first-order valence-electron chi connectivity index (χ1n) is 28.6. The molecule has 10 atom stereocenters. The number of hydrogen-bond donors (Lipinski definition) is 9. The Balaban J connectivity index is 0.000000353. The van der Waals surface area contributed by atoms with Crippen LogP contribution in [-0.2, 0) is 49.7 Å². The summed E-state index contributed by atoms with van der Waals surface area (Å²) in [4.78, 5) is 133. The molecule has 0 aromatic heterocycles. The van der Waals surface area contributed by atoms with E-state index in [2.05, 4.69) is 45.7 Å². The molecule has 4 saturated carbocycles. The van der Waals surface area contributed by atoms with Gasteiger partial charge in [0.05, 0.1) is 43.0 Å². The Morgan fingerprint density at radius 1 is 0.590 bits per heavy atom. The van der Waals surface area contributed by atoms with E-state index in [0.29, 0.717) is 32.5 Å². The Morgan fingerprint density at radius 2 is 0.952 bits per heavy atom. The SMILES string of the molecule is C.C.CC(C)(CO)NC(=O)N[C@H](C(=O)N1CC2C([C@H]1C(=O)NC(CC1CC1)C(=O)C(N)=O)C2(C)C)C(C)(C)C.CC(C)(COCc1ccccc1)NC(=O)N[C@H](C(=O)N1CC2C([C@H]1C(=O)NC(CC1CC1)C(=O)C(N)=O)C2(C)C)C(C)(C)C. The molecule has 7 rings (SSSR count). The number of nitrogens with one attached hydrogen (secondary N) is 6. The molecule has 4 aliphatic carbocycles. The number of primary amides is 2. The molecule has 6 unspecified atom stereocenters. The van der Waals surface area contributed by atoms with Gasteiger partial charge in [0, 0.05) is 13.1 Å². The standard InChI is InChI=1S/C33H49N5O6.C26H43N5O6.2CH4/c1-31(2,3)26(36-30(43)37-32(4,5)18-44-17-20-11-9-8-10-12-20)29(42)38-16-21-23(33(21,6)7)24(38)28(41)35-22(15-19-13-14-19)25(39)27(34)40;1-24(2,3)19(29-23(37)30-25(4,5)12-32)22(36)31-11-14-16(26(14,6)7)17(31)21(35)28-15(10-13-8-9-13)18(33)20(27)34;;/h8-12,19,21-24,26H,13-18H2,1-7H3,(H2,34,40)(H,35,41)(H2,36,37,43);13-17,19,32H,8-12H2,1-7H3,(H2,27,34)(H,28,35)(H2,29,30,37);2*1H4/t21?,22?,23?,24-,26+;14?,15?,16?,17-,19+;;/m00../s1. The van der Waals surface area contributed by atoms with Crippen LogP contribution >= 0.6 is 0 Å². The van der Waals surface area contributed by atoms with Gasteiger partial charge in [0.15, 0.2) is 0 Å². The third-order valence-electron chi connectivity index (χ3n) is 17.5. The lowest BCUT2D eigenvalue weighted by Gasteiger charge is -2.38. The molecule has 6 aliphatic rings. The second-order valence-electron chi connectivity index (χ2n) is 28.4. The molecule has 2 saturated heterocycles. The number of carbonyl (C=O) groups excluding carboxylic acids is 10. The number of hydrogen-bond acceptors (Lipinski definition) is 12. The number of urea groups is 2. The monoisotopic (exact) mass is 1160 g/mol. The first-order chi connectivity index (χ1) is 37.3. The number of fused-ring (bicyclic) bond motifs is 2. The number of aliphatic hydroxyl groups is 1. The molecule has 0 bridgehead atoms. The predicted molar refractivity (Wildman–Crippen MR) is 314 cm³/mol. The molecule has 22 nitrogen and oxygen atoms in total. The first kappa shape index (κ1) is 69.3. The molecule has 6 fully saturated rings. The van der Waals surface area contributed by atoms with Gasteiger partial charge < -0.3 is 63.0 Å². The number of amides is 10. The fourth-order valence-electron chi connectivity index (χ4n) is 12.0. The Morgan fingerprint density at radius 3 is 1.28 bits per heavy atom. The van der Waals surface area contributed by atoms with Gasteiger partial charge in [-0.05, 0) is 103 Å². The van der Waals surface area contributed by atoms with E-state index in [0.717, 1.165) is 31.2 Å². The highest BCUT2D eigenvalue weighted by Crippen LogP contribution is 2.66. The van der Waals surface area contributed by atoms with Gasteiger partial charge in [0.1, 0.15) is 24.2 Å². The molecule has 1 aromatic carbocycles. The van der Waals surface area contributed by atoms with Gasteiger partial charge in [-0.2, -0.15) is 0 Å². The van der Waals surface area contributed by atoms with Crippen molar-refractivity contribution in [2.24, 2.45) is 68.6 Å². The molecule has 2 aliphatic heterocycles. The Bertz CT molecular complexity index is 2580. The number of benzene rings is 1. The van der Waals surface area contributed by atoms with Gasteiger partial charge in [-0.25, -0.2) is 9.59 Å². The maximum Gasteiger partial charge on any atom is 0.315 e. The quantitative estimate of drug-likeness (QED) is 0.0701. The molecule has 1 aromatic rings. The number of aliphatic hydroxyl groups excluding tert-OH is 1. The highest BCUT2D eigenvalue weighted by atomic mass is 16.5. The number of piperidine rings is 2. The molecular formula is C61H100N10O12. The maximum atomic E-state index is 14.2. The summed E-state index contributed by atoms with van der Waals surface area (Å²) < 4.78 is 5.84. The van der Waals surface area contributed by atoms with Crippen LogP contribution < -0.4 is 43.4 Å². The van der Waals surface area contributed by atoms with Crippen LogP contribution in [0.15, 0.2) is 30.3 Å². The van der Waals surface area contributed by atoms with Crippen LogP contribution in [-0.4, -0.2) is 148 Å². The van der Waals surface area contributed by atoms with E-state index in [-0.39, 0.29) is 80.3 Å². The van der Waals surface area contributed by atoms with Crippen molar-refractivity contribution in [2.75, 3.05) is 26.3 Å².